The third kappa shape index (κ3) is 5.79. The summed E-state index contributed by atoms with van der Waals surface area (Å²) in [4.78, 5) is 9.60. The van der Waals surface area contributed by atoms with Crippen molar-refractivity contribution in [3.05, 3.63) is 29.0 Å². The van der Waals surface area contributed by atoms with Crippen molar-refractivity contribution in [3.63, 3.8) is 0 Å². The Morgan fingerprint density at radius 2 is 2.03 bits per heavy atom. The molecule has 0 amide bonds. The molecule has 0 saturated heterocycles. The smallest absolute Gasteiger partial charge is 0.224 e. The molecular weight excluding hydrogens is 418 g/mol. The van der Waals surface area contributed by atoms with Crippen molar-refractivity contribution in [2.75, 3.05) is 30.4 Å². The first kappa shape index (κ1) is 23.4. The molecule has 8 heteroatoms. The number of ether oxygens (including phenoxy) is 1. The molecule has 0 aliphatic heterocycles. The van der Waals surface area contributed by atoms with Gasteiger partial charge in [0.1, 0.15) is 17.3 Å². The standard InChI is InChI=1S/C25H37N5O3/c1-4-20-18(12-22(26)32-5-2)11-21(33-20)23-15(3)28-25(27-13-16-6-7-16)30-24(23)29-19-9-8-17(10-19)14-31/h11-12,16-17,19,31H,4-10,13-14,26H2,1-3H3,(H2,27,28,29,30)/b22-12+. The number of nitrogens with two attached hydrogens (primary N) is 1. The number of nitrogens with zero attached hydrogens (tertiary/aromatic N) is 2. The van der Waals surface area contributed by atoms with Gasteiger partial charge in [-0.3, -0.25) is 0 Å². The molecule has 0 radical (unpaired) electrons. The van der Waals surface area contributed by atoms with Crippen LogP contribution in [0.15, 0.2) is 16.4 Å². The van der Waals surface area contributed by atoms with Crippen LogP contribution in [0.25, 0.3) is 17.4 Å². The van der Waals surface area contributed by atoms with E-state index in [1.165, 1.54) is 12.8 Å². The van der Waals surface area contributed by atoms with Crippen molar-refractivity contribution >= 4 is 17.8 Å². The van der Waals surface area contributed by atoms with Crippen LogP contribution in [0.2, 0.25) is 0 Å². The van der Waals surface area contributed by atoms with Gasteiger partial charge in [0.05, 0.1) is 17.9 Å². The number of rotatable bonds is 11. The van der Waals surface area contributed by atoms with Gasteiger partial charge in [-0.25, -0.2) is 4.98 Å². The first-order valence-corrected chi connectivity index (χ1v) is 12.2. The van der Waals surface area contributed by atoms with Gasteiger partial charge < -0.3 is 30.6 Å². The third-order valence-corrected chi connectivity index (χ3v) is 6.49. The van der Waals surface area contributed by atoms with Crippen molar-refractivity contribution in [3.8, 4) is 11.3 Å². The molecule has 180 valence electrons. The molecule has 8 nitrogen and oxygen atoms in total. The summed E-state index contributed by atoms with van der Waals surface area (Å²) in [5.74, 6) is 4.41. The molecule has 4 rings (SSSR count). The number of nitrogens with one attached hydrogen (secondary N) is 2. The van der Waals surface area contributed by atoms with E-state index in [9.17, 15) is 5.11 Å². The van der Waals surface area contributed by atoms with E-state index in [0.29, 0.717) is 30.1 Å². The average molecular weight is 456 g/mol. The lowest BCUT2D eigenvalue weighted by molar-refractivity contribution is 0.229. The minimum absolute atomic E-state index is 0.233. The highest BCUT2D eigenvalue weighted by molar-refractivity contribution is 5.77. The van der Waals surface area contributed by atoms with Gasteiger partial charge in [-0.2, -0.15) is 4.98 Å². The van der Waals surface area contributed by atoms with Crippen LogP contribution >= 0.6 is 0 Å². The maximum Gasteiger partial charge on any atom is 0.224 e. The molecule has 2 aliphatic carbocycles. The molecular formula is C25H37N5O3. The normalized spacial score (nSPS) is 20.8. The maximum atomic E-state index is 9.56. The largest absolute Gasteiger partial charge is 0.480 e. The minimum atomic E-state index is 0.233. The molecule has 0 spiro atoms. The zero-order valence-electron chi connectivity index (χ0n) is 20.0. The summed E-state index contributed by atoms with van der Waals surface area (Å²) in [5.41, 5.74) is 8.62. The molecule has 2 saturated carbocycles. The number of hydrogen-bond donors (Lipinski definition) is 4. The number of aryl methyl sites for hydroxylation is 2. The van der Waals surface area contributed by atoms with E-state index in [2.05, 4.69) is 17.6 Å². The quantitative estimate of drug-likeness (QED) is 0.371. The molecule has 2 unspecified atom stereocenters. The third-order valence-electron chi connectivity index (χ3n) is 6.49. The van der Waals surface area contributed by atoms with Gasteiger partial charge in [0.25, 0.3) is 0 Å². The summed E-state index contributed by atoms with van der Waals surface area (Å²) in [6.07, 6.45) is 8.05. The number of hydrogen-bond acceptors (Lipinski definition) is 8. The van der Waals surface area contributed by atoms with Gasteiger partial charge in [-0.15, -0.1) is 0 Å². The summed E-state index contributed by atoms with van der Waals surface area (Å²) in [6, 6.07) is 2.25. The zero-order chi connectivity index (χ0) is 23.4. The number of anilines is 2. The molecule has 5 N–H and O–H groups in total. The summed E-state index contributed by atoms with van der Waals surface area (Å²) in [6.45, 7) is 7.61. The SMILES string of the molecule is CCO/C(N)=C/c1cc(-c2c(C)nc(NCC3CC3)nc2NC2CCC(CO)C2)oc1CC. The van der Waals surface area contributed by atoms with Crippen LogP contribution in [0.3, 0.4) is 0 Å². The fraction of sp³-hybridized carbons (Fsp3) is 0.600. The second-order valence-electron chi connectivity index (χ2n) is 9.21. The summed E-state index contributed by atoms with van der Waals surface area (Å²) in [7, 11) is 0. The highest BCUT2D eigenvalue weighted by Gasteiger charge is 2.27. The Bertz CT molecular complexity index is 983. The van der Waals surface area contributed by atoms with Crippen molar-refractivity contribution < 1.29 is 14.3 Å². The van der Waals surface area contributed by atoms with E-state index >= 15 is 0 Å². The number of aromatic nitrogens is 2. The van der Waals surface area contributed by atoms with Crippen molar-refractivity contribution in [1.82, 2.24) is 9.97 Å². The van der Waals surface area contributed by atoms with Gasteiger partial charge >= 0.3 is 0 Å². The first-order chi connectivity index (χ1) is 16.0. The Kier molecular flexibility index (Phi) is 7.42. The monoisotopic (exact) mass is 455 g/mol. The molecule has 0 bridgehead atoms. The Labute approximate surface area is 196 Å². The number of aliphatic hydroxyl groups is 1. The van der Waals surface area contributed by atoms with Crippen molar-refractivity contribution in [2.24, 2.45) is 17.6 Å². The lowest BCUT2D eigenvalue weighted by Gasteiger charge is -2.18. The van der Waals surface area contributed by atoms with Crippen LogP contribution < -0.4 is 16.4 Å². The molecule has 2 aromatic heterocycles. The van der Waals surface area contributed by atoms with Crippen LogP contribution in [-0.4, -0.2) is 40.9 Å². The Hall–Kier alpha value is -2.74. The van der Waals surface area contributed by atoms with Gasteiger partial charge in [0.15, 0.2) is 5.88 Å². The minimum Gasteiger partial charge on any atom is -0.480 e. The van der Waals surface area contributed by atoms with Gasteiger partial charge in [0.2, 0.25) is 5.95 Å². The van der Waals surface area contributed by atoms with Crippen LogP contribution in [0.5, 0.6) is 0 Å². The maximum absolute atomic E-state index is 9.56. The molecule has 33 heavy (non-hydrogen) atoms. The summed E-state index contributed by atoms with van der Waals surface area (Å²) in [5, 5.41) is 16.6. The topological polar surface area (TPSA) is 118 Å². The van der Waals surface area contributed by atoms with Crippen LogP contribution in [0.4, 0.5) is 11.8 Å². The van der Waals surface area contributed by atoms with Crippen LogP contribution in [0, 0.1) is 18.8 Å². The molecule has 2 aromatic rings. The van der Waals surface area contributed by atoms with E-state index in [0.717, 1.165) is 66.5 Å². The highest BCUT2D eigenvalue weighted by atomic mass is 16.5. The van der Waals surface area contributed by atoms with Crippen molar-refractivity contribution in [1.29, 1.82) is 0 Å². The zero-order valence-corrected chi connectivity index (χ0v) is 20.0. The predicted octanol–water partition coefficient (Wildman–Crippen LogP) is 4.30. The fourth-order valence-electron chi connectivity index (χ4n) is 4.50. The molecule has 2 fully saturated rings. The van der Waals surface area contributed by atoms with E-state index in [4.69, 9.17) is 24.9 Å². The molecule has 2 heterocycles. The predicted molar refractivity (Wildman–Crippen MR) is 131 cm³/mol. The Morgan fingerprint density at radius 1 is 1.24 bits per heavy atom. The Morgan fingerprint density at radius 3 is 2.70 bits per heavy atom. The second kappa shape index (κ2) is 10.5. The molecule has 0 aromatic carbocycles. The first-order valence-electron chi connectivity index (χ1n) is 12.2. The van der Waals surface area contributed by atoms with E-state index in [-0.39, 0.29) is 12.6 Å². The van der Waals surface area contributed by atoms with Gasteiger partial charge in [0, 0.05) is 37.3 Å². The lowest BCUT2D eigenvalue weighted by Crippen LogP contribution is -2.19. The second-order valence-corrected chi connectivity index (χ2v) is 9.21. The number of aliphatic hydroxyl groups excluding tert-OH is 1. The lowest BCUT2D eigenvalue weighted by atomic mass is 10.1. The van der Waals surface area contributed by atoms with E-state index in [1.54, 1.807) is 0 Å². The fourth-order valence-corrected chi connectivity index (χ4v) is 4.50. The van der Waals surface area contributed by atoms with Crippen LogP contribution in [-0.2, 0) is 11.2 Å². The van der Waals surface area contributed by atoms with Crippen LogP contribution in [0.1, 0.15) is 63.0 Å². The average Bonchev–Trinajstić information content (AvgIpc) is 3.37. The van der Waals surface area contributed by atoms with E-state index in [1.807, 2.05) is 26.0 Å². The van der Waals surface area contributed by atoms with Crippen molar-refractivity contribution in [2.45, 2.75) is 65.3 Å². The number of furan rings is 1. The van der Waals surface area contributed by atoms with Gasteiger partial charge in [-0.05, 0) is 63.9 Å². The van der Waals surface area contributed by atoms with Gasteiger partial charge in [-0.1, -0.05) is 6.92 Å². The Balaban J connectivity index is 1.68. The van der Waals surface area contributed by atoms with E-state index < -0.39 is 0 Å². The highest BCUT2D eigenvalue weighted by Crippen LogP contribution is 2.37. The molecule has 2 atom stereocenters. The molecule has 2 aliphatic rings. The summed E-state index contributed by atoms with van der Waals surface area (Å²) < 4.78 is 11.7. The summed E-state index contributed by atoms with van der Waals surface area (Å²) >= 11 is 0.